The zero-order chi connectivity index (χ0) is 13.0. The molecule has 0 aliphatic carbocycles. The summed E-state index contributed by atoms with van der Waals surface area (Å²) in [6, 6.07) is 6.87. The van der Waals surface area contributed by atoms with Crippen molar-refractivity contribution in [3.05, 3.63) is 35.6 Å². The fourth-order valence-electron chi connectivity index (χ4n) is 2.73. The lowest BCUT2D eigenvalue weighted by atomic mass is 9.84. The Morgan fingerprint density at radius 2 is 2.06 bits per heavy atom. The number of likely N-dealkylation sites (N-methyl/N-ethyl adjacent to an activating group) is 1. The second-order valence-electron chi connectivity index (χ2n) is 5.16. The normalized spacial score (nSPS) is 25.9. The predicted molar refractivity (Wildman–Crippen MR) is 71.0 cm³/mol. The summed E-state index contributed by atoms with van der Waals surface area (Å²) in [7, 11) is 0. The number of hydrogen-bond acceptors (Lipinski definition) is 2. The van der Waals surface area contributed by atoms with E-state index >= 15 is 0 Å². The number of benzene rings is 1. The van der Waals surface area contributed by atoms with Gasteiger partial charge in [-0.1, -0.05) is 19.1 Å². The molecule has 1 fully saturated rings. The second kappa shape index (κ2) is 5.81. The van der Waals surface area contributed by atoms with Crippen LogP contribution in [0, 0.1) is 5.82 Å². The molecular weight excluding hydrogens is 229 g/mol. The van der Waals surface area contributed by atoms with Gasteiger partial charge in [0.2, 0.25) is 0 Å². The minimum atomic E-state index is -0.191. The molecule has 100 valence electrons. The third kappa shape index (κ3) is 2.90. The average Bonchev–Trinajstić information content (AvgIpc) is 2.38. The molecule has 3 heteroatoms. The number of nitrogens with one attached hydrogen (secondary N) is 1. The molecule has 0 amide bonds. The zero-order valence-electron chi connectivity index (χ0n) is 11.2. The van der Waals surface area contributed by atoms with E-state index in [1.807, 2.05) is 12.1 Å². The summed E-state index contributed by atoms with van der Waals surface area (Å²) in [5.41, 5.74) is 0.911. The third-order valence-corrected chi connectivity index (χ3v) is 3.72. The number of ether oxygens (including phenoxy) is 1. The molecule has 1 aliphatic heterocycles. The van der Waals surface area contributed by atoms with Crippen molar-refractivity contribution in [1.82, 2.24) is 5.32 Å². The second-order valence-corrected chi connectivity index (χ2v) is 5.16. The van der Waals surface area contributed by atoms with Crippen LogP contribution in [0.1, 0.15) is 44.7 Å². The SMILES string of the molecule is CCNC(c1ccc(F)cc1)C1(C)CCCCO1. The Bertz CT molecular complexity index is 371. The molecule has 1 heterocycles. The highest BCUT2D eigenvalue weighted by molar-refractivity contribution is 5.23. The first-order valence-corrected chi connectivity index (χ1v) is 6.78. The minimum absolute atomic E-state index is 0.128. The summed E-state index contributed by atoms with van der Waals surface area (Å²) in [6.07, 6.45) is 3.37. The average molecular weight is 251 g/mol. The van der Waals surface area contributed by atoms with Crippen LogP contribution in [0.25, 0.3) is 0 Å². The minimum Gasteiger partial charge on any atom is -0.373 e. The monoisotopic (exact) mass is 251 g/mol. The van der Waals surface area contributed by atoms with Gasteiger partial charge in [0.25, 0.3) is 0 Å². The first-order chi connectivity index (χ1) is 8.65. The van der Waals surface area contributed by atoms with Crippen molar-refractivity contribution in [2.45, 2.75) is 44.8 Å². The predicted octanol–water partition coefficient (Wildman–Crippen LogP) is 3.44. The van der Waals surface area contributed by atoms with Gasteiger partial charge in [-0.2, -0.15) is 0 Å². The van der Waals surface area contributed by atoms with Gasteiger partial charge >= 0.3 is 0 Å². The fraction of sp³-hybridized carbons (Fsp3) is 0.600. The van der Waals surface area contributed by atoms with E-state index in [2.05, 4.69) is 19.2 Å². The summed E-state index contributed by atoms with van der Waals surface area (Å²) >= 11 is 0. The van der Waals surface area contributed by atoms with Gasteiger partial charge < -0.3 is 10.1 Å². The zero-order valence-corrected chi connectivity index (χ0v) is 11.2. The van der Waals surface area contributed by atoms with Gasteiger partial charge in [-0.15, -0.1) is 0 Å². The Balaban J connectivity index is 2.23. The van der Waals surface area contributed by atoms with E-state index in [4.69, 9.17) is 4.74 Å². The Kier molecular flexibility index (Phi) is 4.36. The molecule has 1 aromatic carbocycles. The van der Waals surface area contributed by atoms with Crippen molar-refractivity contribution in [2.24, 2.45) is 0 Å². The third-order valence-electron chi connectivity index (χ3n) is 3.72. The van der Waals surface area contributed by atoms with Gasteiger partial charge in [0, 0.05) is 6.61 Å². The van der Waals surface area contributed by atoms with Crippen molar-refractivity contribution in [1.29, 1.82) is 0 Å². The van der Waals surface area contributed by atoms with E-state index in [-0.39, 0.29) is 17.5 Å². The molecule has 2 unspecified atom stereocenters. The van der Waals surface area contributed by atoms with Crippen molar-refractivity contribution < 1.29 is 9.13 Å². The summed E-state index contributed by atoms with van der Waals surface area (Å²) in [5, 5.41) is 3.48. The molecule has 2 atom stereocenters. The Morgan fingerprint density at radius 1 is 1.33 bits per heavy atom. The molecule has 1 N–H and O–H groups in total. The molecule has 2 nitrogen and oxygen atoms in total. The van der Waals surface area contributed by atoms with E-state index in [1.165, 1.54) is 18.6 Å². The summed E-state index contributed by atoms with van der Waals surface area (Å²) < 4.78 is 19.0. The van der Waals surface area contributed by atoms with Crippen LogP contribution in [-0.4, -0.2) is 18.8 Å². The highest BCUT2D eigenvalue weighted by Crippen LogP contribution is 2.36. The van der Waals surface area contributed by atoms with Crippen LogP contribution in [0.5, 0.6) is 0 Å². The Morgan fingerprint density at radius 3 is 2.61 bits per heavy atom. The first kappa shape index (κ1) is 13.5. The molecule has 1 aliphatic rings. The Hall–Kier alpha value is -0.930. The number of rotatable bonds is 4. The molecule has 1 saturated heterocycles. The quantitative estimate of drug-likeness (QED) is 0.885. The lowest BCUT2D eigenvalue weighted by Gasteiger charge is -2.41. The molecule has 0 spiro atoms. The van der Waals surface area contributed by atoms with E-state index in [9.17, 15) is 4.39 Å². The van der Waals surface area contributed by atoms with Crippen LogP contribution >= 0.6 is 0 Å². The van der Waals surface area contributed by atoms with E-state index in [0.29, 0.717) is 0 Å². The summed E-state index contributed by atoms with van der Waals surface area (Å²) in [4.78, 5) is 0. The number of halogens is 1. The maximum Gasteiger partial charge on any atom is 0.123 e. The number of hydrogen-bond donors (Lipinski definition) is 1. The van der Waals surface area contributed by atoms with Gasteiger partial charge in [-0.05, 0) is 50.4 Å². The molecule has 0 saturated carbocycles. The maximum absolute atomic E-state index is 13.0. The van der Waals surface area contributed by atoms with Crippen LogP contribution in [0.3, 0.4) is 0 Å². The van der Waals surface area contributed by atoms with Crippen LogP contribution in [-0.2, 0) is 4.74 Å². The highest BCUT2D eigenvalue weighted by atomic mass is 19.1. The van der Waals surface area contributed by atoms with Gasteiger partial charge in [0.1, 0.15) is 5.82 Å². The van der Waals surface area contributed by atoms with Gasteiger partial charge in [-0.25, -0.2) is 4.39 Å². The lowest BCUT2D eigenvalue weighted by Crippen LogP contribution is -2.45. The van der Waals surface area contributed by atoms with Gasteiger partial charge in [0.15, 0.2) is 0 Å². The molecular formula is C15H22FNO. The largest absolute Gasteiger partial charge is 0.373 e. The van der Waals surface area contributed by atoms with Crippen LogP contribution in [0.15, 0.2) is 24.3 Å². The highest BCUT2D eigenvalue weighted by Gasteiger charge is 2.37. The lowest BCUT2D eigenvalue weighted by molar-refractivity contribution is -0.0895. The smallest absolute Gasteiger partial charge is 0.123 e. The van der Waals surface area contributed by atoms with E-state index < -0.39 is 0 Å². The maximum atomic E-state index is 13.0. The summed E-state index contributed by atoms with van der Waals surface area (Å²) in [6.45, 7) is 5.94. The van der Waals surface area contributed by atoms with Crippen molar-refractivity contribution >= 4 is 0 Å². The molecule has 0 aromatic heterocycles. The molecule has 0 bridgehead atoms. The topological polar surface area (TPSA) is 21.3 Å². The van der Waals surface area contributed by atoms with Gasteiger partial charge in [-0.3, -0.25) is 0 Å². The fourth-order valence-corrected chi connectivity index (χ4v) is 2.73. The molecule has 18 heavy (non-hydrogen) atoms. The van der Waals surface area contributed by atoms with Crippen LogP contribution in [0.2, 0.25) is 0 Å². The van der Waals surface area contributed by atoms with Gasteiger partial charge in [0.05, 0.1) is 11.6 Å². The van der Waals surface area contributed by atoms with E-state index in [1.54, 1.807) is 0 Å². The molecule has 2 rings (SSSR count). The van der Waals surface area contributed by atoms with E-state index in [0.717, 1.165) is 31.6 Å². The Labute approximate surface area is 109 Å². The molecule has 0 radical (unpaired) electrons. The van der Waals surface area contributed by atoms with Crippen LogP contribution in [0.4, 0.5) is 4.39 Å². The molecule has 1 aromatic rings. The summed E-state index contributed by atoms with van der Waals surface area (Å²) in [5.74, 6) is -0.191. The standard InChI is InChI=1S/C15H22FNO/c1-3-17-14(12-6-8-13(16)9-7-12)15(2)10-4-5-11-18-15/h6-9,14,17H,3-5,10-11H2,1-2H3. The van der Waals surface area contributed by atoms with Crippen molar-refractivity contribution in [3.8, 4) is 0 Å². The van der Waals surface area contributed by atoms with Crippen molar-refractivity contribution in [3.63, 3.8) is 0 Å². The first-order valence-electron chi connectivity index (χ1n) is 6.78. The van der Waals surface area contributed by atoms with Crippen molar-refractivity contribution in [2.75, 3.05) is 13.2 Å². The van der Waals surface area contributed by atoms with Crippen LogP contribution < -0.4 is 5.32 Å².